The van der Waals surface area contributed by atoms with Crippen molar-refractivity contribution in [2.24, 2.45) is 17.8 Å². The molecular weight excluding hydrogens is 226 g/mol. The fraction of sp³-hybridized carbons (Fsp3) is 0.933. The van der Waals surface area contributed by atoms with Gasteiger partial charge < -0.3 is 10.0 Å². The van der Waals surface area contributed by atoms with E-state index in [2.05, 4.69) is 0 Å². The molecule has 0 bridgehead atoms. The molecule has 3 heteroatoms. The highest BCUT2D eigenvalue weighted by Gasteiger charge is 2.37. The maximum absolute atomic E-state index is 12.4. The van der Waals surface area contributed by atoms with Gasteiger partial charge in [0.2, 0.25) is 5.91 Å². The number of likely N-dealkylation sites (tertiary alicyclic amines) is 1. The van der Waals surface area contributed by atoms with E-state index in [1.165, 1.54) is 32.1 Å². The van der Waals surface area contributed by atoms with Crippen molar-refractivity contribution in [2.75, 3.05) is 13.1 Å². The third kappa shape index (κ3) is 2.42. The van der Waals surface area contributed by atoms with E-state index in [0.29, 0.717) is 12.5 Å². The normalized spacial score (nSPS) is 40.6. The second-order valence-electron chi connectivity index (χ2n) is 6.54. The molecule has 0 aromatic heterocycles. The van der Waals surface area contributed by atoms with Gasteiger partial charge in [-0.05, 0) is 37.5 Å². The fourth-order valence-corrected chi connectivity index (χ4v) is 4.30. The van der Waals surface area contributed by atoms with Gasteiger partial charge in [0.25, 0.3) is 0 Å². The molecule has 0 spiro atoms. The molecule has 1 aliphatic heterocycles. The van der Waals surface area contributed by atoms with Gasteiger partial charge in [-0.3, -0.25) is 4.79 Å². The highest BCUT2D eigenvalue weighted by Crippen LogP contribution is 2.43. The lowest BCUT2D eigenvalue weighted by Gasteiger charge is -2.39. The van der Waals surface area contributed by atoms with Gasteiger partial charge >= 0.3 is 0 Å². The Labute approximate surface area is 110 Å². The molecule has 4 atom stereocenters. The van der Waals surface area contributed by atoms with Crippen LogP contribution in [0.4, 0.5) is 0 Å². The van der Waals surface area contributed by atoms with Crippen molar-refractivity contribution in [1.82, 2.24) is 4.90 Å². The lowest BCUT2D eigenvalue weighted by Crippen LogP contribution is -2.39. The van der Waals surface area contributed by atoms with Crippen LogP contribution in [-0.2, 0) is 4.79 Å². The van der Waals surface area contributed by atoms with E-state index in [9.17, 15) is 9.90 Å². The van der Waals surface area contributed by atoms with Crippen LogP contribution in [-0.4, -0.2) is 35.1 Å². The zero-order valence-corrected chi connectivity index (χ0v) is 11.2. The van der Waals surface area contributed by atoms with Crippen LogP contribution in [0.25, 0.3) is 0 Å². The number of aliphatic hydroxyl groups excluding tert-OH is 1. The van der Waals surface area contributed by atoms with Crippen molar-refractivity contribution in [2.45, 2.75) is 57.5 Å². The number of carbonyl (C=O) groups excluding carboxylic acids is 1. The van der Waals surface area contributed by atoms with E-state index in [0.717, 1.165) is 37.6 Å². The largest absolute Gasteiger partial charge is 0.391 e. The standard InChI is InChI=1S/C15H25NO2/c17-14-7-8-16(10-14)15(18)13-6-5-11-3-1-2-4-12(11)9-13/h11-14,17H,1-10H2/t11?,12?,13?,14-/m1/s1. The smallest absolute Gasteiger partial charge is 0.225 e. The number of nitrogens with zero attached hydrogens (tertiary/aromatic N) is 1. The summed E-state index contributed by atoms with van der Waals surface area (Å²) < 4.78 is 0. The monoisotopic (exact) mass is 251 g/mol. The lowest BCUT2D eigenvalue weighted by atomic mass is 9.67. The fourth-order valence-electron chi connectivity index (χ4n) is 4.30. The molecule has 1 N–H and O–H groups in total. The lowest BCUT2D eigenvalue weighted by molar-refractivity contribution is -0.137. The molecule has 3 unspecified atom stereocenters. The first-order chi connectivity index (χ1) is 8.74. The summed E-state index contributed by atoms with van der Waals surface area (Å²) >= 11 is 0. The molecule has 1 amide bonds. The van der Waals surface area contributed by atoms with Crippen molar-refractivity contribution in [3.05, 3.63) is 0 Å². The Morgan fingerprint density at radius 3 is 2.50 bits per heavy atom. The van der Waals surface area contributed by atoms with E-state index in [1.54, 1.807) is 0 Å². The quantitative estimate of drug-likeness (QED) is 0.776. The number of amides is 1. The first kappa shape index (κ1) is 12.5. The first-order valence-electron chi connectivity index (χ1n) is 7.71. The molecule has 3 fully saturated rings. The summed E-state index contributed by atoms with van der Waals surface area (Å²) in [4.78, 5) is 14.3. The Balaban J connectivity index is 1.58. The predicted molar refractivity (Wildman–Crippen MR) is 70.0 cm³/mol. The Bertz CT molecular complexity index is 318. The van der Waals surface area contributed by atoms with Crippen LogP contribution in [0.5, 0.6) is 0 Å². The Morgan fingerprint density at radius 1 is 1.00 bits per heavy atom. The van der Waals surface area contributed by atoms with Gasteiger partial charge in [-0.15, -0.1) is 0 Å². The van der Waals surface area contributed by atoms with E-state index in [-0.39, 0.29) is 12.0 Å². The number of aliphatic hydroxyl groups is 1. The second kappa shape index (κ2) is 5.20. The Hall–Kier alpha value is -0.570. The number of hydrogen-bond acceptors (Lipinski definition) is 2. The van der Waals surface area contributed by atoms with Crippen LogP contribution in [0.2, 0.25) is 0 Å². The average Bonchev–Trinajstić information content (AvgIpc) is 2.84. The number of β-amino-alcohol motifs (C(OH)–C–C–N with tert-alkyl or cyclic N) is 1. The average molecular weight is 251 g/mol. The molecule has 1 heterocycles. The topological polar surface area (TPSA) is 40.5 Å². The van der Waals surface area contributed by atoms with Gasteiger partial charge in [0.05, 0.1) is 6.10 Å². The van der Waals surface area contributed by atoms with Gasteiger partial charge in [0.15, 0.2) is 0 Å². The number of carbonyl (C=O) groups is 1. The molecule has 102 valence electrons. The molecule has 1 saturated heterocycles. The van der Waals surface area contributed by atoms with Crippen molar-refractivity contribution >= 4 is 5.91 Å². The molecule has 3 nitrogen and oxygen atoms in total. The van der Waals surface area contributed by atoms with Crippen molar-refractivity contribution < 1.29 is 9.90 Å². The zero-order valence-electron chi connectivity index (χ0n) is 11.2. The van der Waals surface area contributed by atoms with E-state index in [4.69, 9.17) is 0 Å². The minimum absolute atomic E-state index is 0.259. The number of fused-ring (bicyclic) bond motifs is 1. The van der Waals surface area contributed by atoms with Crippen LogP contribution in [0, 0.1) is 17.8 Å². The van der Waals surface area contributed by atoms with Gasteiger partial charge in [-0.2, -0.15) is 0 Å². The van der Waals surface area contributed by atoms with E-state index >= 15 is 0 Å². The van der Waals surface area contributed by atoms with Gasteiger partial charge in [-0.25, -0.2) is 0 Å². The summed E-state index contributed by atoms with van der Waals surface area (Å²) in [7, 11) is 0. The molecule has 3 aliphatic rings. The van der Waals surface area contributed by atoms with E-state index in [1.807, 2.05) is 4.90 Å². The van der Waals surface area contributed by atoms with Crippen LogP contribution in [0.3, 0.4) is 0 Å². The van der Waals surface area contributed by atoms with Gasteiger partial charge in [-0.1, -0.05) is 25.7 Å². The SMILES string of the molecule is O=C(C1CCC2CCCCC2C1)N1CC[C@@H](O)C1. The highest BCUT2D eigenvalue weighted by molar-refractivity contribution is 5.79. The van der Waals surface area contributed by atoms with Crippen LogP contribution < -0.4 is 0 Å². The number of hydrogen-bond donors (Lipinski definition) is 1. The molecule has 0 aromatic carbocycles. The molecule has 2 saturated carbocycles. The Morgan fingerprint density at radius 2 is 1.78 bits per heavy atom. The summed E-state index contributed by atoms with van der Waals surface area (Å²) in [6.07, 6.45) is 9.47. The van der Waals surface area contributed by atoms with Crippen molar-refractivity contribution in [1.29, 1.82) is 0 Å². The van der Waals surface area contributed by atoms with Gasteiger partial charge in [0.1, 0.15) is 0 Å². The highest BCUT2D eigenvalue weighted by atomic mass is 16.3. The summed E-state index contributed by atoms with van der Waals surface area (Å²) in [5.74, 6) is 2.31. The van der Waals surface area contributed by atoms with Crippen LogP contribution >= 0.6 is 0 Å². The Kier molecular flexibility index (Phi) is 3.60. The zero-order chi connectivity index (χ0) is 12.5. The van der Waals surface area contributed by atoms with Crippen LogP contribution in [0.1, 0.15) is 51.4 Å². The number of rotatable bonds is 1. The molecular formula is C15H25NO2. The molecule has 18 heavy (non-hydrogen) atoms. The summed E-state index contributed by atoms with van der Waals surface area (Å²) in [6.45, 7) is 1.34. The maximum atomic E-state index is 12.4. The molecule has 0 aromatic rings. The second-order valence-corrected chi connectivity index (χ2v) is 6.54. The molecule has 2 aliphatic carbocycles. The molecule has 3 rings (SSSR count). The van der Waals surface area contributed by atoms with Gasteiger partial charge in [0, 0.05) is 19.0 Å². The third-order valence-electron chi connectivity index (χ3n) is 5.36. The van der Waals surface area contributed by atoms with Crippen molar-refractivity contribution in [3.8, 4) is 0 Å². The van der Waals surface area contributed by atoms with Crippen LogP contribution in [0.15, 0.2) is 0 Å². The van der Waals surface area contributed by atoms with Crippen molar-refractivity contribution in [3.63, 3.8) is 0 Å². The molecule has 0 radical (unpaired) electrons. The summed E-state index contributed by atoms with van der Waals surface area (Å²) in [5.41, 5.74) is 0. The minimum Gasteiger partial charge on any atom is -0.391 e. The minimum atomic E-state index is -0.278. The first-order valence-corrected chi connectivity index (χ1v) is 7.71. The summed E-state index contributed by atoms with van der Waals surface area (Å²) in [6, 6.07) is 0. The van der Waals surface area contributed by atoms with E-state index < -0.39 is 0 Å². The maximum Gasteiger partial charge on any atom is 0.225 e. The third-order valence-corrected chi connectivity index (χ3v) is 5.36. The predicted octanol–water partition coefficient (Wildman–Crippen LogP) is 2.19. The summed E-state index contributed by atoms with van der Waals surface area (Å²) in [5, 5.41) is 9.54.